The molecule has 0 saturated carbocycles. The molecule has 0 fully saturated rings. The summed E-state index contributed by atoms with van der Waals surface area (Å²) in [5.74, 6) is -0.117. The van der Waals surface area contributed by atoms with Gasteiger partial charge in [-0.2, -0.15) is 0 Å². The maximum Gasteiger partial charge on any atom is 0.162 e. The van der Waals surface area contributed by atoms with E-state index in [4.69, 9.17) is 5.73 Å². The normalized spacial score (nSPS) is 10.9. The Morgan fingerprint density at radius 3 is 2.68 bits per heavy atom. The molecule has 2 N–H and O–H groups in total. The maximum atomic E-state index is 13.2. The number of rotatable bonds is 2. The molecular formula is C17H14FN3O. The van der Waals surface area contributed by atoms with Crippen molar-refractivity contribution in [3.63, 3.8) is 0 Å². The summed E-state index contributed by atoms with van der Waals surface area (Å²) < 4.78 is 13.2. The fraction of sp³-hybridized carbons (Fsp3) is 0.118. The van der Waals surface area contributed by atoms with E-state index in [2.05, 4.69) is 9.97 Å². The predicted octanol–water partition coefficient (Wildman–Crippen LogP) is 3.53. The number of aromatic nitrogens is 2. The summed E-state index contributed by atoms with van der Waals surface area (Å²) in [5, 5.41) is 0.670. The van der Waals surface area contributed by atoms with Gasteiger partial charge in [0.25, 0.3) is 0 Å². The van der Waals surface area contributed by atoms with Crippen LogP contribution in [0.2, 0.25) is 0 Å². The number of nitrogens with two attached hydrogens (primary N) is 1. The molecule has 0 atom stereocenters. The first kappa shape index (κ1) is 14.1. The van der Waals surface area contributed by atoms with Gasteiger partial charge in [-0.15, -0.1) is 0 Å². The van der Waals surface area contributed by atoms with Crippen molar-refractivity contribution < 1.29 is 9.18 Å². The van der Waals surface area contributed by atoms with Gasteiger partial charge in [0.05, 0.1) is 5.69 Å². The Hall–Kier alpha value is -2.82. The lowest BCUT2D eigenvalue weighted by atomic mass is 10.0. The number of ketones is 1. The molecule has 0 spiro atoms. The molecule has 0 radical (unpaired) electrons. The van der Waals surface area contributed by atoms with Crippen molar-refractivity contribution in [3.05, 3.63) is 53.5 Å². The number of carbonyl (C=O) groups is 1. The second-order valence-electron chi connectivity index (χ2n) is 5.17. The van der Waals surface area contributed by atoms with Gasteiger partial charge < -0.3 is 5.73 Å². The van der Waals surface area contributed by atoms with Crippen LogP contribution in [0.4, 0.5) is 10.2 Å². The molecule has 22 heavy (non-hydrogen) atoms. The molecule has 1 aromatic carbocycles. The van der Waals surface area contributed by atoms with Crippen LogP contribution in [0.15, 0.2) is 36.5 Å². The van der Waals surface area contributed by atoms with Crippen LogP contribution < -0.4 is 5.73 Å². The molecule has 0 bridgehead atoms. The number of hydrogen-bond donors (Lipinski definition) is 1. The monoisotopic (exact) mass is 295 g/mol. The standard InChI is InChI=1S/C17H14FN3O/c1-9-7-11(18)3-4-12(9)15-6-5-13-14(10(2)22)8-20-17(19)16(13)21-15/h3-8H,1-2H3,(H2,19,20). The number of pyridine rings is 2. The molecule has 3 aromatic rings. The van der Waals surface area contributed by atoms with Crippen LogP contribution in [0.25, 0.3) is 22.2 Å². The first-order valence-electron chi connectivity index (χ1n) is 6.80. The minimum atomic E-state index is -0.290. The van der Waals surface area contributed by atoms with E-state index in [0.29, 0.717) is 22.2 Å². The van der Waals surface area contributed by atoms with Gasteiger partial charge in [-0.3, -0.25) is 4.79 Å². The lowest BCUT2D eigenvalue weighted by Gasteiger charge is -2.09. The fourth-order valence-electron chi connectivity index (χ4n) is 2.48. The van der Waals surface area contributed by atoms with Gasteiger partial charge in [0.2, 0.25) is 0 Å². The number of halogens is 1. The second-order valence-corrected chi connectivity index (χ2v) is 5.17. The number of nitrogens with zero attached hydrogens (tertiary/aromatic N) is 2. The zero-order valence-electron chi connectivity index (χ0n) is 12.2. The Morgan fingerprint density at radius 2 is 2.00 bits per heavy atom. The molecule has 2 heterocycles. The first-order chi connectivity index (χ1) is 10.5. The molecule has 0 amide bonds. The SMILES string of the molecule is CC(=O)c1cnc(N)c2nc(-c3ccc(F)cc3C)ccc12. The van der Waals surface area contributed by atoms with Gasteiger partial charge in [-0.1, -0.05) is 0 Å². The summed E-state index contributed by atoms with van der Waals surface area (Å²) in [6.45, 7) is 3.29. The van der Waals surface area contributed by atoms with Crippen molar-refractivity contribution in [1.29, 1.82) is 0 Å². The highest BCUT2D eigenvalue weighted by Gasteiger charge is 2.12. The number of anilines is 1. The number of Topliss-reactive ketones (excluding diaryl/α,β-unsaturated/α-hetero) is 1. The highest BCUT2D eigenvalue weighted by Crippen LogP contribution is 2.28. The predicted molar refractivity (Wildman–Crippen MR) is 84.1 cm³/mol. The zero-order valence-corrected chi connectivity index (χ0v) is 12.2. The molecule has 0 aliphatic rings. The van der Waals surface area contributed by atoms with Gasteiger partial charge in [0, 0.05) is 22.7 Å². The van der Waals surface area contributed by atoms with E-state index in [9.17, 15) is 9.18 Å². The molecule has 4 nitrogen and oxygen atoms in total. The summed E-state index contributed by atoms with van der Waals surface area (Å²) >= 11 is 0. The van der Waals surface area contributed by atoms with Crippen molar-refractivity contribution >= 4 is 22.5 Å². The van der Waals surface area contributed by atoms with Crippen molar-refractivity contribution in [2.45, 2.75) is 13.8 Å². The van der Waals surface area contributed by atoms with Gasteiger partial charge in [-0.25, -0.2) is 14.4 Å². The van der Waals surface area contributed by atoms with Gasteiger partial charge >= 0.3 is 0 Å². The zero-order chi connectivity index (χ0) is 15.9. The third kappa shape index (κ3) is 2.30. The molecular weight excluding hydrogens is 281 g/mol. The third-order valence-corrected chi connectivity index (χ3v) is 3.60. The average molecular weight is 295 g/mol. The van der Waals surface area contributed by atoms with Gasteiger partial charge in [0.1, 0.15) is 17.2 Å². The summed E-state index contributed by atoms with van der Waals surface area (Å²) in [6, 6.07) is 8.12. The number of benzene rings is 1. The second kappa shape index (κ2) is 5.18. The van der Waals surface area contributed by atoms with E-state index < -0.39 is 0 Å². The van der Waals surface area contributed by atoms with E-state index in [1.165, 1.54) is 25.3 Å². The number of aryl methyl sites for hydroxylation is 1. The first-order valence-corrected chi connectivity index (χ1v) is 6.80. The molecule has 0 saturated heterocycles. The average Bonchev–Trinajstić information content (AvgIpc) is 2.47. The Balaban J connectivity index is 2.26. The molecule has 3 rings (SSSR count). The van der Waals surface area contributed by atoms with Crippen molar-refractivity contribution in [2.24, 2.45) is 0 Å². The lowest BCUT2D eigenvalue weighted by Crippen LogP contribution is -2.01. The molecule has 2 aromatic heterocycles. The highest BCUT2D eigenvalue weighted by atomic mass is 19.1. The Bertz CT molecular complexity index is 906. The molecule has 5 heteroatoms. The van der Waals surface area contributed by atoms with E-state index >= 15 is 0 Å². The van der Waals surface area contributed by atoms with Gasteiger partial charge in [0.15, 0.2) is 5.78 Å². The van der Waals surface area contributed by atoms with Crippen LogP contribution >= 0.6 is 0 Å². The molecule has 0 unspecified atom stereocenters. The molecule has 0 aliphatic carbocycles. The topological polar surface area (TPSA) is 68.9 Å². The number of fused-ring (bicyclic) bond motifs is 1. The summed E-state index contributed by atoms with van der Waals surface area (Å²) in [5.41, 5.74) is 9.12. The van der Waals surface area contributed by atoms with Crippen LogP contribution in [-0.2, 0) is 0 Å². The number of carbonyl (C=O) groups excluding carboxylic acids is 1. The van der Waals surface area contributed by atoms with Crippen LogP contribution in [0, 0.1) is 12.7 Å². The Labute approximate surface area is 126 Å². The summed E-state index contributed by atoms with van der Waals surface area (Å²) in [6.07, 6.45) is 1.46. The number of nitrogen functional groups attached to an aromatic ring is 1. The fourth-order valence-corrected chi connectivity index (χ4v) is 2.48. The maximum absolute atomic E-state index is 13.2. The van der Waals surface area contributed by atoms with Crippen molar-refractivity contribution in [3.8, 4) is 11.3 Å². The summed E-state index contributed by atoms with van der Waals surface area (Å²) in [7, 11) is 0. The minimum Gasteiger partial charge on any atom is -0.382 e. The van der Waals surface area contributed by atoms with Crippen molar-refractivity contribution in [1.82, 2.24) is 9.97 Å². The lowest BCUT2D eigenvalue weighted by molar-refractivity contribution is 0.101. The quantitative estimate of drug-likeness (QED) is 0.734. The van der Waals surface area contributed by atoms with Crippen LogP contribution in [0.3, 0.4) is 0 Å². The van der Waals surface area contributed by atoms with Crippen LogP contribution in [0.5, 0.6) is 0 Å². The highest BCUT2D eigenvalue weighted by molar-refractivity contribution is 6.08. The van der Waals surface area contributed by atoms with E-state index in [1.807, 2.05) is 6.92 Å². The number of hydrogen-bond acceptors (Lipinski definition) is 4. The van der Waals surface area contributed by atoms with Crippen LogP contribution in [0.1, 0.15) is 22.8 Å². The van der Waals surface area contributed by atoms with Gasteiger partial charge in [-0.05, 0) is 49.7 Å². The van der Waals surface area contributed by atoms with Crippen molar-refractivity contribution in [2.75, 3.05) is 5.73 Å². The largest absolute Gasteiger partial charge is 0.382 e. The minimum absolute atomic E-state index is 0.0926. The van der Waals surface area contributed by atoms with E-state index in [1.54, 1.807) is 18.2 Å². The Kier molecular flexibility index (Phi) is 3.33. The van der Waals surface area contributed by atoms with E-state index in [0.717, 1.165) is 11.1 Å². The molecule has 110 valence electrons. The summed E-state index contributed by atoms with van der Waals surface area (Å²) in [4.78, 5) is 20.2. The van der Waals surface area contributed by atoms with Crippen LogP contribution in [-0.4, -0.2) is 15.8 Å². The Morgan fingerprint density at radius 1 is 1.23 bits per heavy atom. The molecule has 0 aliphatic heterocycles. The van der Waals surface area contributed by atoms with E-state index in [-0.39, 0.29) is 17.4 Å². The smallest absolute Gasteiger partial charge is 0.162 e. The third-order valence-electron chi connectivity index (χ3n) is 3.60.